The highest BCUT2D eigenvalue weighted by Crippen LogP contribution is 2.17. The highest BCUT2D eigenvalue weighted by molar-refractivity contribution is 7.89. The normalized spacial score (nSPS) is 11.2. The lowest BCUT2D eigenvalue weighted by atomic mass is 10.2. The number of amides is 1. The molecule has 2 aromatic carbocycles. The molecule has 0 aliphatic heterocycles. The molecule has 28 heavy (non-hydrogen) atoms. The maximum atomic E-state index is 12.4. The van der Waals surface area contributed by atoms with E-state index in [9.17, 15) is 18.0 Å². The van der Waals surface area contributed by atoms with Gasteiger partial charge in [0.1, 0.15) is 0 Å². The molecule has 0 saturated carbocycles. The van der Waals surface area contributed by atoms with E-state index in [1.807, 2.05) is 25.1 Å². The molecule has 0 radical (unpaired) electrons. The second kappa shape index (κ2) is 9.82. The van der Waals surface area contributed by atoms with E-state index in [2.05, 4.69) is 4.72 Å². The molecule has 8 heteroatoms. The lowest BCUT2D eigenvalue weighted by Gasteiger charge is -2.21. The van der Waals surface area contributed by atoms with Crippen molar-refractivity contribution < 1.29 is 18.0 Å². The van der Waals surface area contributed by atoms with Crippen molar-refractivity contribution in [2.24, 2.45) is 0 Å². The number of Topliss-reactive ketones (excluding diaryl/α,β-unsaturated/α-hetero) is 1. The summed E-state index contributed by atoms with van der Waals surface area (Å²) in [5, 5.41) is 0.587. The van der Waals surface area contributed by atoms with Crippen LogP contribution in [0.25, 0.3) is 0 Å². The zero-order chi connectivity index (χ0) is 20.7. The molecule has 0 aromatic heterocycles. The Morgan fingerprint density at radius 3 is 2.29 bits per heavy atom. The number of ketones is 1. The Labute approximate surface area is 170 Å². The van der Waals surface area contributed by atoms with E-state index in [0.717, 1.165) is 5.56 Å². The van der Waals surface area contributed by atoms with Gasteiger partial charge < -0.3 is 4.90 Å². The van der Waals surface area contributed by atoms with Crippen molar-refractivity contribution in [3.8, 4) is 0 Å². The molecule has 1 amide bonds. The molecule has 0 fully saturated rings. The van der Waals surface area contributed by atoms with Crippen LogP contribution in [-0.4, -0.2) is 38.1 Å². The van der Waals surface area contributed by atoms with Gasteiger partial charge in [0.25, 0.3) is 0 Å². The molecule has 0 saturated heterocycles. The second-order valence-electron chi connectivity index (χ2n) is 6.23. The highest BCUT2D eigenvalue weighted by atomic mass is 35.5. The molecule has 0 heterocycles. The minimum absolute atomic E-state index is 0.0192. The fourth-order valence-corrected chi connectivity index (χ4v) is 3.84. The molecule has 0 unspecified atom stereocenters. The molecule has 0 bridgehead atoms. The molecule has 1 N–H and O–H groups in total. The molecular formula is C20H23ClN2O4S. The highest BCUT2D eigenvalue weighted by Gasteiger charge is 2.17. The van der Waals surface area contributed by atoms with Gasteiger partial charge in [-0.05, 0) is 37.6 Å². The molecule has 0 spiro atoms. The molecule has 150 valence electrons. The number of nitrogens with zero attached hydrogens (tertiary/aromatic N) is 1. The second-order valence-corrected chi connectivity index (χ2v) is 8.40. The van der Waals surface area contributed by atoms with Crippen LogP contribution in [0.15, 0.2) is 53.4 Å². The van der Waals surface area contributed by atoms with E-state index in [0.29, 0.717) is 23.7 Å². The first-order valence-electron chi connectivity index (χ1n) is 8.86. The van der Waals surface area contributed by atoms with E-state index in [-0.39, 0.29) is 29.6 Å². The summed E-state index contributed by atoms with van der Waals surface area (Å²) in [7, 11) is -3.75. The maximum absolute atomic E-state index is 12.4. The quantitative estimate of drug-likeness (QED) is 0.628. The van der Waals surface area contributed by atoms with Gasteiger partial charge in [0.2, 0.25) is 15.9 Å². The number of benzene rings is 2. The zero-order valence-corrected chi connectivity index (χ0v) is 17.4. The Morgan fingerprint density at radius 2 is 1.71 bits per heavy atom. The monoisotopic (exact) mass is 422 g/mol. The van der Waals surface area contributed by atoms with Crippen LogP contribution in [-0.2, 0) is 21.4 Å². The smallest absolute Gasteiger partial charge is 0.240 e. The first kappa shape index (κ1) is 22.1. The number of carbonyl (C=O) groups excluding carboxylic acids is 2. The number of rotatable bonds is 9. The minimum atomic E-state index is -3.75. The van der Waals surface area contributed by atoms with Crippen LogP contribution in [0.4, 0.5) is 0 Å². The third-order valence-corrected chi connectivity index (χ3v) is 6.10. The standard InChI is InChI=1S/C20H23ClN2O4S/c1-3-23(14-17-6-4-5-7-19(17)21)20(25)12-13-22-28(26,27)18-10-8-16(9-11-18)15(2)24/h4-11,22H,3,12-14H2,1-2H3. The van der Waals surface area contributed by atoms with Crippen LogP contribution in [0.5, 0.6) is 0 Å². The lowest BCUT2D eigenvalue weighted by Crippen LogP contribution is -2.34. The molecule has 0 atom stereocenters. The van der Waals surface area contributed by atoms with Gasteiger partial charge in [0.15, 0.2) is 5.78 Å². The first-order chi connectivity index (χ1) is 13.2. The van der Waals surface area contributed by atoms with E-state index in [1.54, 1.807) is 11.0 Å². The van der Waals surface area contributed by atoms with Crippen molar-refractivity contribution >= 4 is 33.3 Å². The average Bonchev–Trinajstić information content (AvgIpc) is 2.67. The molecule has 2 rings (SSSR count). The van der Waals surface area contributed by atoms with Gasteiger partial charge in [-0.3, -0.25) is 9.59 Å². The van der Waals surface area contributed by atoms with Gasteiger partial charge in [-0.2, -0.15) is 0 Å². The third kappa shape index (κ3) is 5.89. The Morgan fingerprint density at radius 1 is 1.07 bits per heavy atom. The van der Waals surface area contributed by atoms with Gasteiger partial charge in [0, 0.05) is 36.6 Å². The van der Waals surface area contributed by atoms with Crippen molar-refractivity contribution in [1.82, 2.24) is 9.62 Å². The summed E-state index contributed by atoms with van der Waals surface area (Å²) in [5.41, 5.74) is 1.28. The number of hydrogen-bond acceptors (Lipinski definition) is 4. The van der Waals surface area contributed by atoms with Crippen molar-refractivity contribution in [2.45, 2.75) is 31.7 Å². The van der Waals surface area contributed by atoms with Crippen LogP contribution in [0, 0.1) is 0 Å². The van der Waals surface area contributed by atoms with Gasteiger partial charge >= 0.3 is 0 Å². The topological polar surface area (TPSA) is 83.6 Å². The fraction of sp³-hybridized carbons (Fsp3) is 0.300. The Bertz CT molecular complexity index is 943. The molecule has 6 nitrogen and oxygen atoms in total. The van der Waals surface area contributed by atoms with E-state index < -0.39 is 10.0 Å². The van der Waals surface area contributed by atoms with E-state index in [4.69, 9.17) is 11.6 Å². The summed E-state index contributed by atoms with van der Waals surface area (Å²) >= 11 is 6.14. The summed E-state index contributed by atoms with van der Waals surface area (Å²) in [5.74, 6) is -0.308. The van der Waals surface area contributed by atoms with Gasteiger partial charge in [-0.1, -0.05) is 41.9 Å². The summed E-state index contributed by atoms with van der Waals surface area (Å²) in [4.78, 5) is 25.4. The molecule has 0 aliphatic carbocycles. The summed E-state index contributed by atoms with van der Waals surface area (Å²) in [6, 6.07) is 13.0. The number of halogens is 1. The van der Waals surface area contributed by atoms with Crippen molar-refractivity contribution in [3.63, 3.8) is 0 Å². The molecular weight excluding hydrogens is 400 g/mol. The zero-order valence-electron chi connectivity index (χ0n) is 15.8. The van der Waals surface area contributed by atoms with Crippen LogP contribution < -0.4 is 4.72 Å². The number of hydrogen-bond donors (Lipinski definition) is 1. The van der Waals surface area contributed by atoms with Crippen LogP contribution >= 0.6 is 11.6 Å². The van der Waals surface area contributed by atoms with Crippen molar-refractivity contribution in [2.75, 3.05) is 13.1 Å². The molecule has 0 aliphatic rings. The summed E-state index contributed by atoms with van der Waals surface area (Å²) < 4.78 is 27.1. The first-order valence-corrected chi connectivity index (χ1v) is 10.7. The van der Waals surface area contributed by atoms with E-state index >= 15 is 0 Å². The largest absolute Gasteiger partial charge is 0.339 e. The van der Waals surface area contributed by atoms with Crippen LogP contribution in [0.3, 0.4) is 0 Å². The predicted molar refractivity (Wildman–Crippen MR) is 109 cm³/mol. The van der Waals surface area contributed by atoms with Crippen LogP contribution in [0.2, 0.25) is 5.02 Å². The number of nitrogens with one attached hydrogen (secondary N) is 1. The van der Waals surface area contributed by atoms with Gasteiger partial charge in [-0.25, -0.2) is 13.1 Å². The maximum Gasteiger partial charge on any atom is 0.240 e. The predicted octanol–water partition coefficient (Wildman–Crippen LogP) is 3.26. The lowest BCUT2D eigenvalue weighted by molar-refractivity contribution is -0.131. The van der Waals surface area contributed by atoms with Gasteiger partial charge in [0.05, 0.1) is 4.90 Å². The van der Waals surface area contributed by atoms with Gasteiger partial charge in [-0.15, -0.1) is 0 Å². The summed E-state index contributed by atoms with van der Waals surface area (Å²) in [6.45, 7) is 4.11. The SMILES string of the molecule is CCN(Cc1ccccc1Cl)C(=O)CCNS(=O)(=O)c1ccc(C(C)=O)cc1. The van der Waals surface area contributed by atoms with Crippen molar-refractivity contribution in [3.05, 3.63) is 64.7 Å². The van der Waals surface area contributed by atoms with E-state index in [1.165, 1.54) is 31.2 Å². The minimum Gasteiger partial charge on any atom is -0.339 e. The Balaban J connectivity index is 1.94. The number of sulfonamides is 1. The summed E-state index contributed by atoms with van der Waals surface area (Å²) in [6.07, 6.45) is 0.0308. The Hall–Kier alpha value is -2.22. The Kier molecular flexibility index (Phi) is 7.74. The third-order valence-electron chi connectivity index (χ3n) is 4.26. The average molecular weight is 423 g/mol. The molecule has 2 aromatic rings. The number of carbonyl (C=O) groups is 2. The van der Waals surface area contributed by atoms with Crippen LogP contribution in [0.1, 0.15) is 36.2 Å². The van der Waals surface area contributed by atoms with Crippen molar-refractivity contribution in [1.29, 1.82) is 0 Å². The fourth-order valence-electron chi connectivity index (χ4n) is 2.61.